The van der Waals surface area contributed by atoms with Crippen LogP contribution in [0.5, 0.6) is 0 Å². The maximum Gasteiger partial charge on any atom is 0.308 e. The molecule has 1 aliphatic heterocycles. The van der Waals surface area contributed by atoms with Gasteiger partial charge in [-0.1, -0.05) is 6.42 Å². The van der Waals surface area contributed by atoms with Crippen molar-refractivity contribution >= 4 is 23.5 Å². The van der Waals surface area contributed by atoms with Crippen molar-refractivity contribution < 1.29 is 23.9 Å². The monoisotopic (exact) mass is 334 g/mol. The summed E-state index contributed by atoms with van der Waals surface area (Å²) in [5.41, 5.74) is 0.556. The summed E-state index contributed by atoms with van der Waals surface area (Å²) in [6.07, 6.45) is 2.28. The van der Waals surface area contributed by atoms with Crippen LogP contribution in [0, 0.1) is 17.7 Å². The van der Waals surface area contributed by atoms with Crippen molar-refractivity contribution in [3.8, 4) is 0 Å². The summed E-state index contributed by atoms with van der Waals surface area (Å²) in [6.45, 7) is 0.385. The third-order valence-corrected chi connectivity index (χ3v) is 4.82. The zero-order valence-electron chi connectivity index (χ0n) is 13.1. The third kappa shape index (κ3) is 3.11. The van der Waals surface area contributed by atoms with Crippen molar-refractivity contribution in [2.75, 3.05) is 11.4 Å². The topological polar surface area (TPSA) is 86.7 Å². The first-order chi connectivity index (χ1) is 11.5. The summed E-state index contributed by atoms with van der Waals surface area (Å²) in [4.78, 5) is 37.5. The van der Waals surface area contributed by atoms with Crippen LogP contribution in [-0.4, -0.2) is 35.5 Å². The second-order valence-corrected chi connectivity index (χ2v) is 6.30. The molecule has 3 rings (SSSR count). The van der Waals surface area contributed by atoms with E-state index in [0.717, 1.165) is 6.42 Å². The van der Waals surface area contributed by atoms with Crippen molar-refractivity contribution in [3.05, 3.63) is 30.1 Å². The molecule has 1 saturated carbocycles. The van der Waals surface area contributed by atoms with Crippen LogP contribution in [0.2, 0.25) is 0 Å². The largest absolute Gasteiger partial charge is 0.481 e. The molecule has 1 aliphatic carbocycles. The van der Waals surface area contributed by atoms with E-state index in [9.17, 15) is 18.8 Å². The summed E-state index contributed by atoms with van der Waals surface area (Å²) in [5.74, 6) is -3.44. The van der Waals surface area contributed by atoms with Crippen LogP contribution in [0.4, 0.5) is 10.1 Å². The minimum absolute atomic E-state index is 0.330. The molecule has 1 saturated heterocycles. The van der Waals surface area contributed by atoms with E-state index in [1.165, 1.54) is 29.2 Å². The van der Waals surface area contributed by atoms with E-state index >= 15 is 0 Å². The molecule has 128 valence electrons. The molecule has 0 bridgehead atoms. The van der Waals surface area contributed by atoms with Crippen molar-refractivity contribution in [2.24, 2.45) is 11.8 Å². The van der Waals surface area contributed by atoms with Gasteiger partial charge in [0.15, 0.2) is 0 Å². The number of carbonyl (C=O) groups is 3. The lowest BCUT2D eigenvalue weighted by atomic mass is 10.0. The molecule has 0 radical (unpaired) electrons. The Kier molecular flexibility index (Phi) is 4.51. The Labute approximate surface area is 138 Å². The van der Waals surface area contributed by atoms with Gasteiger partial charge in [-0.25, -0.2) is 4.39 Å². The fourth-order valence-corrected chi connectivity index (χ4v) is 3.51. The van der Waals surface area contributed by atoms with Crippen LogP contribution < -0.4 is 10.2 Å². The predicted molar refractivity (Wildman–Crippen MR) is 83.8 cm³/mol. The number of hydrogen-bond donors (Lipinski definition) is 2. The summed E-state index contributed by atoms with van der Waals surface area (Å²) in [6, 6.07) is 5.14. The molecule has 1 aromatic rings. The first kappa shape index (κ1) is 16.4. The Morgan fingerprint density at radius 1 is 1.17 bits per heavy atom. The van der Waals surface area contributed by atoms with Gasteiger partial charge in [-0.05, 0) is 43.5 Å². The van der Waals surface area contributed by atoms with Gasteiger partial charge in [0.1, 0.15) is 11.7 Å². The number of nitrogens with one attached hydrogen (secondary N) is 1. The molecule has 2 fully saturated rings. The first-order valence-corrected chi connectivity index (χ1v) is 8.07. The number of benzene rings is 1. The molecular weight excluding hydrogens is 315 g/mol. The van der Waals surface area contributed by atoms with Gasteiger partial charge in [0.25, 0.3) is 0 Å². The minimum Gasteiger partial charge on any atom is -0.481 e. The number of hydrogen-bond acceptors (Lipinski definition) is 3. The molecule has 0 aromatic heterocycles. The Balaban J connectivity index is 1.65. The zero-order chi connectivity index (χ0) is 17.3. The molecule has 3 atom stereocenters. The number of carbonyl (C=O) groups excluding carboxylic acids is 2. The molecule has 2 aliphatic rings. The summed E-state index contributed by atoms with van der Waals surface area (Å²) >= 11 is 0. The van der Waals surface area contributed by atoms with Crippen molar-refractivity contribution in [1.82, 2.24) is 5.32 Å². The quantitative estimate of drug-likeness (QED) is 0.818. The van der Waals surface area contributed by atoms with E-state index in [4.69, 9.17) is 5.11 Å². The zero-order valence-corrected chi connectivity index (χ0v) is 13.1. The molecule has 1 aromatic carbocycles. The minimum atomic E-state index is -0.913. The summed E-state index contributed by atoms with van der Waals surface area (Å²) in [5, 5.41) is 11.9. The van der Waals surface area contributed by atoms with Gasteiger partial charge < -0.3 is 15.3 Å². The lowest BCUT2D eigenvalue weighted by molar-refractivity contribution is -0.142. The van der Waals surface area contributed by atoms with Gasteiger partial charge in [-0.3, -0.25) is 14.4 Å². The normalized spacial score (nSPS) is 26.6. The standard InChI is InChI=1S/C17H19FN2O4/c18-10-4-6-11(7-5-10)20-9-8-13(16(20)22)15(21)19-14-3-1-2-12(14)17(23)24/h4-7,12-14H,1-3,8-9H2,(H,19,21)(H,23,24)/t12-,13?,14+/m1/s1. The van der Waals surface area contributed by atoms with E-state index < -0.39 is 29.8 Å². The lowest BCUT2D eigenvalue weighted by Crippen LogP contribution is -2.45. The fourth-order valence-electron chi connectivity index (χ4n) is 3.51. The Bertz CT molecular complexity index is 661. The summed E-state index contributed by atoms with van der Waals surface area (Å²) < 4.78 is 13.0. The molecule has 1 heterocycles. The maximum atomic E-state index is 13.0. The van der Waals surface area contributed by atoms with Crippen molar-refractivity contribution in [3.63, 3.8) is 0 Å². The van der Waals surface area contributed by atoms with E-state index in [1.807, 2.05) is 0 Å². The second kappa shape index (κ2) is 6.59. The Hall–Kier alpha value is -2.44. The average molecular weight is 334 g/mol. The van der Waals surface area contributed by atoms with Gasteiger partial charge in [0.05, 0.1) is 5.92 Å². The predicted octanol–water partition coefficient (Wildman–Crippen LogP) is 1.55. The number of nitrogens with zero attached hydrogens (tertiary/aromatic N) is 1. The number of carboxylic acid groups (broad SMARTS) is 1. The number of anilines is 1. The summed E-state index contributed by atoms with van der Waals surface area (Å²) in [7, 11) is 0. The van der Waals surface area contributed by atoms with Crippen LogP contribution in [0.3, 0.4) is 0 Å². The van der Waals surface area contributed by atoms with Gasteiger partial charge in [0.2, 0.25) is 11.8 Å². The van der Waals surface area contributed by atoms with E-state index in [0.29, 0.717) is 31.5 Å². The molecule has 24 heavy (non-hydrogen) atoms. The van der Waals surface area contributed by atoms with Gasteiger partial charge >= 0.3 is 5.97 Å². The molecule has 2 N–H and O–H groups in total. The smallest absolute Gasteiger partial charge is 0.308 e. The SMILES string of the molecule is O=C(N[C@H]1CCC[C@H]1C(=O)O)C1CCN(c2ccc(F)cc2)C1=O. The second-order valence-electron chi connectivity index (χ2n) is 6.30. The Morgan fingerprint density at radius 2 is 1.88 bits per heavy atom. The van der Waals surface area contributed by atoms with Crippen LogP contribution in [-0.2, 0) is 14.4 Å². The van der Waals surface area contributed by atoms with E-state index in [2.05, 4.69) is 5.32 Å². The van der Waals surface area contributed by atoms with Gasteiger partial charge in [-0.15, -0.1) is 0 Å². The van der Waals surface area contributed by atoms with Crippen LogP contribution >= 0.6 is 0 Å². The fraction of sp³-hybridized carbons (Fsp3) is 0.471. The number of rotatable bonds is 4. The highest BCUT2D eigenvalue weighted by molar-refractivity contribution is 6.09. The highest BCUT2D eigenvalue weighted by Gasteiger charge is 2.40. The van der Waals surface area contributed by atoms with E-state index in [1.54, 1.807) is 0 Å². The maximum absolute atomic E-state index is 13.0. The molecule has 6 nitrogen and oxygen atoms in total. The van der Waals surface area contributed by atoms with Crippen molar-refractivity contribution in [1.29, 1.82) is 0 Å². The highest BCUT2D eigenvalue weighted by atomic mass is 19.1. The molecule has 1 unspecified atom stereocenters. The van der Waals surface area contributed by atoms with Crippen LogP contribution in [0.25, 0.3) is 0 Å². The molecule has 7 heteroatoms. The molecular formula is C17H19FN2O4. The number of aliphatic carboxylic acids is 1. The van der Waals surface area contributed by atoms with Gasteiger partial charge in [0, 0.05) is 18.3 Å². The Morgan fingerprint density at radius 3 is 2.54 bits per heavy atom. The first-order valence-electron chi connectivity index (χ1n) is 8.07. The number of amides is 2. The van der Waals surface area contributed by atoms with Gasteiger partial charge in [-0.2, -0.15) is 0 Å². The lowest BCUT2D eigenvalue weighted by Gasteiger charge is -2.20. The van der Waals surface area contributed by atoms with E-state index in [-0.39, 0.29) is 11.7 Å². The third-order valence-electron chi connectivity index (χ3n) is 4.82. The number of halogens is 1. The molecule has 2 amide bonds. The van der Waals surface area contributed by atoms with Crippen molar-refractivity contribution in [2.45, 2.75) is 31.7 Å². The van der Waals surface area contributed by atoms with Crippen LogP contribution in [0.1, 0.15) is 25.7 Å². The molecule has 0 spiro atoms. The highest BCUT2D eigenvalue weighted by Crippen LogP contribution is 2.29. The van der Waals surface area contributed by atoms with Crippen LogP contribution in [0.15, 0.2) is 24.3 Å². The average Bonchev–Trinajstić information content (AvgIpc) is 3.15. The number of carboxylic acids is 1.